The maximum Gasteiger partial charge on any atom is 0.242 e. The zero-order chi connectivity index (χ0) is 22.3. The summed E-state index contributed by atoms with van der Waals surface area (Å²) in [4.78, 5) is 38.2. The molecule has 2 heterocycles. The molecule has 1 N–H and O–H groups in total. The zero-order valence-electron chi connectivity index (χ0n) is 18.4. The molecular formula is C24H30N6O2. The van der Waals surface area contributed by atoms with Crippen molar-refractivity contribution in [3.63, 3.8) is 0 Å². The molecule has 3 aliphatic rings. The van der Waals surface area contributed by atoms with E-state index in [0.717, 1.165) is 51.6 Å². The second-order valence-corrected chi connectivity index (χ2v) is 8.75. The lowest BCUT2D eigenvalue weighted by molar-refractivity contribution is -0.140. The van der Waals surface area contributed by atoms with Gasteiger partial charge in [0.15, 0.2) is 6.19 Å². The fourth-order valence-electron chi connectivity index (χ4n) is 4.77. The predicted octanol–water partition coefficient (Wildman–Crippen LogP) is 1.90. The number of carbonyl (C=O) groups is 2. The smallest absolute Gasteiger partial charge is 0.242 e. The summed E-state index contributed by atoms with van der Waals surface area (Å²) in [7, 11) is 0. The number of nitriles is 1. The van der Waals surface area contributed by atoms with Crippen LogP contribution in [-0.2, 0) is 22.4 Å². The number of benzene rings is 1. The van der Waals surface area contributed by atoms with Crippen molar-refractivity contribution in [2.45, 2.75) is 51.0 Å². The molecule has 0 saturated carbocycles. The van der Waals surface area contributed by atoms with Crippen LogP contribution in [0.5, 0.6) is 0 Å². The SMILES string of the molecule is N#CNC(=NC1Cc2ccccc2C1)/N=C\C1CCCCN(CC(=O)N2CCCC2)C1=O. The number of rotatable bonds is 4. The molecule has 4 rings (SSSR count). The molecule has 32 heavy (non-hydrogen) atoms. The Hall–Kier alpha value is -3.21. The van der Waals surface area contributed by atoms with Crippen LogP contribution in [0.3, 0.4) is 0 Å². The third-order valence-electron chi connectivity index (χ3n) is 6.49. The monoisotopic (exact) mass is 434 g/mol. The highest BCUT2D eigenvalue weighted by molar-refractivity contribution is 5.99. The molecule has 2 fully saturated rings. The third kappa shape index (κ3) is 5.34. The largest absolute Gasteiger partial charge is 0.341 e. The van der Waals surface area contributed by atoms with Gasteiger partial charge < -0.3 is 9.80 Å². The van der Waals surface area contributed by atoms with E-state index in [1.807, 2.05) is 23.2 Å². The number of fused-ring (bicyclic) bond motifs is 1. The number of nitrogens with zero attached hydrogens (tertiary/aromatic N) is 5. The maximum atomic E-state index is 13.1. The Bertz CT molecular complexity index is 919. The van der Waals surface area contributed by atoms with Crippen LogP contribution in [0.25, 0.3) is 0 Å². The summed E-state index contributed by atoms with van der Waals surface area (Å²) in [5.74, 6) is -0.205. The van der Waals surface area contributed by atoms with Gasteiger partial charge in [-0.25, -0.2) is 9.98 Å². The minimum absolute atomic E-state index is 0.0276. The molecule has 0 spiro atoms. The summed E-state index contributed by atoms with van der Waals surface area (Å²) in [5.41, 5.74) is 2.55. The molecule has 1 aromatic carbocycles. The van der Waals surface area contributed by atoms with E-state index in [9.17, 15) is 9.59 Å². The van der Waals surface area contributed by atoms with Gasteiger partial charge in [-0.3, -0.25) is 14.9 Å². The first kappa shape index (κ1) is 22.0. The summed E-state index contributed by atoms with van der Waals surface area (Å²) >= 11 is 0. The van der Waals surface area contributed by atoms with E-state index in [4.69, 9.17) is 5.26 Å². The highest BCUT2D eigenvalue weighted by Crippen LogP contribution is 2.24. The topological polar surface area (TPSA) is 101 Å². The number of hydrogen-bond acceptors (Lipinski definition) is 4. The summed E-state index contributed by atoms with van der Waals surface area (Å²) in [6.45, 7) is 2.31. The lowest BCUT2D eigenvalue weighted by atomic mass is 10.0. The van der Waals surface area contributed by atoms with Crippen molar-refractivity contribution in [2.24, 2.45) is 15.9 Å². The number of carbonyl (C=O) groups excluding carboxylic acids is 2. The summed E-state index contributed by atoms with van der Waals surface area (Å²) < 4.78 is 0. The highest BCUT2D eigenvalue weighted by atomic mass is 16.2. The van der Waals surface area contributed by atoms with Gasteiger partial charge in [-0.05, 0) is 49.7 Å². The van der Waals surface area contributed by atoms with E-state index < -0.39 is 5.92 Å². The van der Waals surface area contributed by atoms with Crippen LogP contribution >= 0.6 is 0 Å². The van der Waals surface area contributed by atoms with Crippen LogP contribution in [-0.4, -0.2) is 66.0 Å². The second kappa shape index (κ2) is 10.4. The molecule has 2 amide bonds. The van der Waals surface area contributed by atoms with Crippen LogP contribution in [0.15, 0.2) is 34.3 Å². The zero-order valence-corrected chi connectivity index (χ0v) is 18.4. The van der Waals surface area contributed by atoms with Gasteiger partial charge in [-0.2, -0.15) is 5.26 Å². The van der Waals surface area contributed by atoms with E-state index in [1.165, 1.54) is 11.1 Å². The fourth-order valence-corrected chi connectivity index (χ4v) is 4.77. The van der Waals surface area contributed by atoms with Crippen molar-refractivity contribution in [1.82, 2.24) is 15.1 Å². The van der Waals surface area contributed by atoms with Crippen LogP contribution in [0.2, 0.25) is 0 Å². The van der Waals surface area contributed by atoms with E-state index in [1.54, 1.807) is 11.1 Å². The fraction of sp³-hybridized carbons (Fsp3) is 0.542. The van der Waals surface area contributed by atoms with Crippen molar-refractivity contribution < 1.29 is 9.59 Å². The number of likely N-dealkylation sites (tertiary alicyclic amines) is 2. The summed E-state index contributed by atoms with van der Waals surface area (Å²) in [6.07, 6.45) is 9.67. The predicted molar refractivity (Wildman–Crippen MR) is 122 cm³/mol. The van der Waals surface area contributed by atoms with E-state index >= 15 is 0 Å². The third-order valence-corrected chi connectivity index (χ3v) is 6.49. The van der Waals surface area contributed by atoms with Crippen molar-refractivity contribution in [3.8, 4) is 6.19 Å². The van der Waals surface area contributed by atoms with Gasteiger partial charge in [-0.15, -0.1) is 0 Å². The number of aliphatic imine (C=N–C) groups is 2. The van der Waals surface area contributed by atoms with Gasteiger partial charge in [0.05, 0.1) is 18.5 Å². The molecule has 2 aliphatic heterocycles. The maximum absolute atomic E-state index is 13.1. The molecule has 1 unspecified atom stereocenters. The quantitative estimate of drug-likeness (QED) is 0.338. The van der Waals surface area contributed by atoms with Crippen LogP contribution in [0.1, 0.15) is 43.2 Å². The first-order chi connectivity index (χ1) is 15.6. The molecule has 168 valence electrons. The number of hydrogen-bond donors (Lipinski definition) is 1. The molecule has 8 heteroatoms. The first-order valence-electron chi connectivity index (χ1n) is 11.5. The summed E-state index contributed by atoms with van der Waals surface area (Å²) in [5, 5.41) is 11.7. The van der Waals surface area contributed by atoms with E-state index in [-0.39, 0.29) is 30.4 Å². The number of guanidine groups is 1. The average molecular weight is 435 g/mol. The van der Waals surface area contributed by atoms with Crippen LogP contribution in [0, 0.1) is 17.4 Å². The Labute approximate surface area is 189 Å². The standard InChI is InChI=1S/C24H30N6O2/c25-17-27-24(28-21-13-18-7-1-2-8-19(18)14-21)26-15-20-9-3-4-12-30(23(20)32)16-22(31)29-10-5-6-11-29/h1-2,7-8,15,20-21H,3-6,9-14,16H2,(H,27,28)/b26-15-. The van der Waals surface area contributed by atoms with Crippen molar-refractivity contribution in [1.29, 1.82) is 5.26 Å². The van der Waals surface area contributed by atoms with Gasteiger partial charge in [0.25, 0.3) is 0 Å². The molecular weight excluding hydrogens is 404 g/mol. The molecule has 0 radical (unpaired) electrons. The minimum Gasteiger partial charge on any atom is -0.341 e. The molecule has 2 saturated heterocycles. The normalized spacial score (nSPS) is 22.2. The molecule has 1 aliphatic carbocycles. The first-order valence-corrected chi connectivity index (χ1v) is 11.5. The lowest BCUT2D eigenvalue weighted by Gasteiger charge is -2.25. The molecule has 0 aromatic heterocycles. The Morgan fingerprint density at radius 2 is 1.81 bits per heavy atom. The van der Waals surface area contributed by atoms with Crippen molar-refractivity contribution in [3.05, 3.63) is 35.4 Å². The van der Waals surface area contributed by atoms with Crippen molar-refractivity contribution >= 4 is 24.0 Å². The second-order valence-electron chi connectivity index (χ2n) is 8.75. The molecule has 0 bridgehead atoms. The van der Waals surface area contributed by atoms with Gasteiger partial charge in [0.2, 0.25) is 17.8 Å². The van der Waals surface area contributed by atoms with Gasteiger partial charge in [0.1, 0.15) is 0 Å². The average Bonchev–Trinajstić information content (AvgIpc) is 3.43. The van der Waals surface area contributed by atoms with Gasteiger partial charge in [-0.1, -0.05) is 30.7 Å². The van der Waals surface area contributed by atoms with E-state index in [0.29, 0.717) is 13.0 Å². The number of amides is 2. The summed E-state index contributed by atoms with van der Waals surface area (Å²) in [6, 6.07) is 8.28. The molecule has 1 aromatic rings. The number of nitrogens with one attached hydrogen (secondary N) is 1. The Balaban J connectivity index is 1.41. The van der Waals surface area contributed by atoms with Crippen LogP contribution in [0.4, 0.5) is 0 Å². The Kier molecular flexibility index (Phi) is 7.15. The minimum atomic E-state index is -0.407. The lowest BCUT2D eigenvalue weighted by Crippen LogP contribution is -2.44. The van der Waals surface area contributed by atoms with E-state index in [2.05, 4.69) is 27.4 Å². The molecule has 8 nitrogen and oxygen atoms in total. The van der Waals surface area contributed by atoms with Gasteiger partial charge >= 0.3 is 0 Å². The van der Waals surface area contributed by atoms with Crippen LogP contribution < -0.4 is 5.32 Å². The van der Waals surface area contributed by atoms with Gasteiger partial charge in [0, 0.05) is 25.8 Å². The molecule has 1 atom stereocenters. The Morgan fingerprint density at radius 1 is 1.12 bits per heavy atom. The van der Waals surface area contributed by atoms with Crippen molar-refractivity contribution in [2.75, 3.05) is 26.2 Å². The highest BCUT2D eigenvalue weighted by Gasteiger charge is 2.29. The Morgan fingerprint density at radius 3 is 2.50 bits per heavy atom.